The molecule has 0 aliphatic heterocycles. The second-order valence-corrected chi connectivity index (χ2v) is 40.3. The van der Waals surface area contributed by atoms with Gasteiger partial charge < -0.3 is 30.1 Å². The van der Waals surface area contributed by atoms with Crippen LogP contribution in [0.15, 0.2) is 364 Å². The smallest absolute Gasteiger partial charge is 0.164 e. The number of hydrogen-bond donors (Lipinski definition) is 2. The second kappa shape index (κ2) is 48.5. The molecule has 135 heavy (non-hydrogen) atoms. The van der Waals surface area contributed by atoms with Crippen LogP contribution in [0.2, 0.25) is 0 Å². The van der Waals surface area contributed by atoms with Crippen molar-refractivity contribution in [2.75, 3.05) is 0 Å². The molecular weight excluding hydrogens is 2390 g/mol. The quantitative estimate of drug-likeness (QED) is 0.0704. The van der Waals surface area contributed by atoms with Gasteiger partial charge >= 0.3 is 0 Å². The third-order valence-electron chi connectivity index (χ3n) is 22.4. The molecule has 17 rings (SSSR count). The van der Waals surface area contributed by atoms with Gasteiger partial charge in [0, 0.05) is 134 Å². The topological polar surface area (TPSA) is 126 Å². The van der Waals surface area contributed by atoms with E-state index >= 15 is 0 Å². The molecule has 5 aromatic heterocycles. The number of rotatable bonds is 12. The number of fused-ring (bicyclic) bond motifs is 3. The van der Waals surface area contributed by atoms with E-state index in [9.17, 15) is 14.7 Å². The van der Waals surface area contributed by atoms with Crippen LogP contribution in [0.1, 0.15) is 161 Å². The first-order chi connectivity index (χ1) is 62.2. The van der Waals surface area contributed by atoms with Crippen molar-refractivity contribution in [1.29, 1.82) is 0 Å². The summed E-state index contributed by atoms with van der Waals surface area (Å²) in [6.07, 6.45) is 9.88. The van der Waals surface area contributed by atoms with Gasteiger partial charge in [0.05, 0.1) is 5.76 Å². The van der Waals surface area contributed by atoms with E-state index in [1.807, 2.05) is 163 Å². The number of hydrogen-bond acceptors (Lipinski definition) is 9. The summed E-state index contributed by atoms with van der Waals surface area (Å²) in [7, 11) is 0. The summed E-state index contributed by atoms with van der Waals surface area (Å²) >= 11 is 1.73. The average molecular weight is 2510 g/mol. The van der Waals surface area contributed by atoms with Gasteiger partial charge in [-0.3, -0.25) is 9.59 Å². The first-order valence-electron chi connectivity index (χ1n) is 44.7. The minimum Gasteiger partial charge on any atom is -0.512 e. The van der Waals surface area contributed by atoms with Crippen molar-refractivity contribution < 1.29 is 100 Å². The molecule has 4 radical (unpaired) electrons. The number of ketones is 2. The molecule has 8 nitrogen and oxygen atoms in total. The summed E-state index contributed by atoms with van der Waals surface area (Å²) in [6, 6.07) is 125. The van der Waals surface area contributed by atoms with Gasteiger partial charge in [-0.05, 0) is 222 Å². The van der Waals surface area contributed by atoms with Crippen molar-refractivity contribution in [2.24, 2.45) is 10.8 Å². The SMILES string of the molecule is CC(=O)C=C(C)O.CC(C)(C)C(=O)C=C(O)C(C)(C)C.CC(C)(C)c1ccc(-c2cc(-c3ccc(C(C)(C)C)cc3)cc(-c3cc[c-]c(-c4ccccn4)c3)c2)cc1.CC(C)(C)c1ccc(-c2cc(-c3ccc(C(C)(C)C)cc3)cc(-c3cc[c-]c(-c4nccc5ccccc45)c3)c2)cc1.[Ir].[Ir].[Ir].[Ir].[c-]1c(-c2ccccn2)sc2ccccc12.[c-]1ccccc1-c1nccc2ccccc12. The Labute approximate surface area is 859 Å². The van der Waals surface area contributed by atoms with E-state index in [0.717, 1.165) is 60.9 Å². The maximum absolute atomic E-state index is 11.5. The van der Waals surface area contributed by atoms with Crippen LogP contribution in [0.25, 0.3) is 143 Å². The van der Waals surface area contributed by atoms with Crippen LogP contribution in [0.4, 0.5) is 0 Å². The number of benzene rings is 12. The Bertz CT molecular complexity index is 6610. The fourth-order valence-corrected chi connectivity index (χ4v) is 15.6. The minimum absolute atomic E-state index is 0. The van der Waals surface area contributed by atoms with E-state index in [-0.39, 0.29) is 131 Å². The molecule has 2 N–H and O–H groups in total. The van der Waals surface area contributed by atoms with Gasteiger partial charge in [0.1, 0.15) is 5.76 Å². The minimum atomic E-state index is -0.417. The summed E-state index contributed by atoms with van der Waals surface area (Å²) in [5, 5.41) is 23.8. The summed E-state index contributed by atoms with van der Waals surface area (Å²) in [6.45, 7) is 41.1. The van der Waals surface area contributed by atoms with Crippen molar-refractivity contribution in [3.8, 4) is 111 Å². The molecule has 13 heteroatoms. The molecule has 0 aliphatic rings. The molecule has 0 bridgehead atoms. The van der Waals surface area contributed by atoms with Crippen LogP contribution >= 0.6 is 11.3 Å². The summed E-state index contributed by atoms with van der Waals surface area (Å²) < 4.78 is 1.26. The molecule has 0 unspecified atom stereocenters. The Hall–Kier alpha value is -11.3. The molecule has 0 spiro atoms. The number of pyridine rings is 4. The molecule has 0 atom stereocenters. The van der Waals surface area contributed by atoms with E-state index in [0.29, 0.717) is 0 Å². The van der Waals surface area contributed by atoms with Gasteiger partial charge in [0.15, 0.2) is 11.6 Å². The van der Waals surface area contributed by atoms with Crippen molar-refractivity contribution in [3.05, 3.63) is 410 Å². The standard InChI is InChI=1S/C41H38N.C37H36N.C15H10N.C13H8NS.C11H20O2.C5H8O2.4Ir/c1-40(2,3)36-18-14-28(15-19-36)33-25-34(29-16-20-37(21-17-29)41(4,5)6)27-35(26-33)31-11-9-12-32(24-31)39-38-13-8-7-10-30(38)22-23-42-39;1-36(2,3)33-17-13-26(14-18-33)30-23-31(27-15-19-34(20-16-27)37(4,5)6)25-32(24-30)28-10-9-11-29(22-28)35-12-7-8-21-38-35;1-2-7-13(8-3-1)15-14-9-5-4-6-12(14)10-11-16-15;1-2-7-12-10(5-1)9-13(15-12)11-6-3-4-8-14-11;1-10(2,3)8(12)7-9(13)11(4,5)6;1-4(6)3-5(2)7;;;;/h7-11,13-27H,1-6H3;7-10,12-25H,1-6H3;1-7,9-11H;1-8H;7,12H,1-6H3;3,6H,1-2H3;;;;/q4*-1;;;;;;. The van der Waals surface area contributed by atoms with E-state index < -0.39 is 5.41 Å². The van der Waals surface area contributed by atoms with Crippen LogP contribution in [-0.4, -0.2) is 41.7 Å². The Balaban J connectivity index is 0.000000217. The van der Waals surface area contributed by atoms with Gasteiger partial charge in [0.25, 0.3) is 0 Å². The Morgan fingerprint density at radius 2 is 0.667 bits per heavy atom. The Kier molecular flexibility index (Phi) is 39.1. The molecule has 0 aliphatic carbocycles. The maximum atomic E-state index is 11.5. The van der Waals surface area contributed by atoms with Gasteiger partial charge in [-0.1, -0.05) is 307 Å². The van der Waals surface area contributed by atoms with E-state index in [1.165, 1.54) is 130 Å². The first-order valence-corrected chi connectivity index (χ1v) is 45.5. The van der Waals surface area contributed by atoms with Crippen molar-refractivity contribution >= 4 is 54.5 Å². The van der Waals surface area contributed by atoms with Crippen LogP contribution in [-0.2, 0) is 112 Å². The third kappa shape index (κ3) is 30.6. The molecule has 0 fully saturated rings. The molecule has 698 valence electrons. The summed E-state index contributed by atoms with van der Waals surface area (Å²) in [4.78, 5) is 40.7. The average Bonchev–Trinajstić information content (AvgIpc) is 1.50. The van der Waals surface area contributed by atoms with Gasteiger partial charge in [-0.15, -0.1) is 130 Å². The third-order valence-corrected chi connectivity index (χ3v) is 23.5. The van der Waals surface area contributed by atoms with Gasteiger partial charge in [0.2, 0.25) is 0 Å². The maximum Gasteiger partial charge on any atom is 0.164 e. The second-order valence-electron chi connectivity index (χ2n) is 39.2. The van der Waals surface area contributed by atoms with E-state index in [2.05, 4.69) is 341 Å². The van der Waals surface area contributed by atoms with Crippen LogP contribution in [0, 0.1) is 35.1 Å². The molecule has 5 heterocycles. The zero-order valence-electron chi connectivity index (χ0n) is 80.7. The largest absolute Gasteiger partial charge is 0.512 e. The summed E-state index contributed by atoms with van der Waals surface area (Å²) in [5.74, 6) is 0.0415. The van der Waals surface area contributed by atoms with Crippen LogP contribution in [0.3, 0.4) is 0 Å². The molecule has 17 aromatic rings. The van der Waals surface area contributed by atoms with Crippen molar-refractivity contribution in [3.63, 3.8) is 0 Å². The number of allylic oxidation sites excluding steroid dienone is 4. The molecule has 0 amide bonds. The number of aliphatic hydroxyl groups excluding tert-OH is 2. The monoisotopic (exact) mass is 2510 g/mol. The number of aliphatic hydroxyl groups is 2. The van der Waals surface area contributed by atoms with Gasteiger partial charge in [-0.25, -0.2) is 11.3 Å². The zero-order chi connectivity index (χ0) is 94.0. The van der Waals surface area contributed by atoms with Crippen molar-refractivity contribution in [2.45, 2.75) is 160 Å². The number of carbonyl (C=O) groups is 2. The number of aromatic nitrogens is 4. The molecule has 12 aromatic carbocycles. The molecule has 0 saturated carbocycles. The number of carbonyl (C=O) groups excluding carboxylic acids is 2. The fraction of sp³-hybridized carbons (Fsp3) is 0.213. The Morgan fingerprint density at radius 3 is 1.02 bits per heavy atom. The zero-order valence-corrected chi connectivity index (χ0v) is 91.1. The predicted molar refractivity (Wildman–Crippen MR) is 554 cm³/mol. The number of thiophene rings is 1. The van der Waals surface area contributed by atoms with E-state index in [1.54, 1.807) is 11.3 Å². The van der Waals surface area contributed by atoms with Crippen molar-refractivity contribution in [1.82, 2.24) is 19.9 Å². The predicted octanol–water partition coefficient (Wildman–Crippen LogP) is 33.0. The first kappa shape index (κ1) is 109. The van der Waals surface area contributed by atoms with Crippen LogP contribution < -0.4 is 0 Å². The van der Waals surface area contributed by atoms with Gasteiger partial charge in [-0.2, -0.15) is 0 Å². The normalized spacial score (nSPS) is 11.5. The fourth-order valence-electron chi connectivity index (χ4n) is 14.6. The number of nitrogens with zero attached hydrogens (tertiary/aromatic N) is 4. The molecule has 0 saturated heterocycles. The van der Waals surface area contributed by atoms with E-state index in [4.69, 9.17) is 10.1 Å². The summed E-state index contributed by atoms with van der Waals surface area (Å²) in [5.41, 5.74) is 26.4. The molecular formula is C122H120Ir4N4O4S-4. The Morgan fingerprint density at radius 1 is 0.311 bits per heavy atom. The van der Waals surface area contributed by atoms with Crippen LogP contribution in [0.5, 0.6) is 0 Å².